The van der Waals surface area contributed by atoms with Gasteiger partial charge in [0.15, 0.2) is 5.78 Å². The molecule has 0 spiro atoms. The number of rotatable bonds is 3. The second-order valence-corrected chi connectivity index (χ2v) is 10.6. The molecular formula is C23H36O5. The van der Waals surface area contributed by atoms with Crippen molar-refractivity contribution in [3.8, 4) is 0 Å². The molecule has 4 rings (SSSR count). The van der Waals surface area contributed by atoms with Crippen molar-refractivity contribution >= 4 is 11.8 Å². The van der Waals surface area contributed by atoms with E-state index in [1.54, 1.807) is 0 Å². The fraction of sp³-hybridized carbons (Fsp3) is 0.913. The number of carbonyl (C=O) groups excluding carboxylic acids is 2. The van der Waals surface area contributed by atoms with Gasteiger partial charge < -0.3 is 14.9 Å². The third-order valence-electron chi connectivity index (χ3n) is 9.71. The molecular weight excluding hydrogens is 356 g/mol. The lowest BCUT2D eigenvalue weighted by atomic mass is 9.44. The molecule has 0 aromatic heterocycles. The Morgan fingerprint density at radius 2 is 1.71 bits per heavy atom. The lowest BCUT2D eigenvalue weighted by molar-refractivity contribution is -0.177. The molecule has 5 heteroatoms. The maximum Gasteiger partial charge on any atom is 0.302 e. The number of aliphatic hydroxyl groups excluding tert-OH is 1. The second-order valence-electron chi connectivity index (χ2n) is 10.6. The molecule has 4 saturated carbocycles. The molecule has 0 radical (unpaired) electrons. The van der Waals surface area contributed by atoms with Gasteiger partial charge in [0.1, 0.15) is 18.3 Å². The summed E-state index contributed by atoms with van der Waals surface area (Å²) in [5.74, 6) is 1.55. The van der Waals surface area contributed by atoms with E-state index < -0.39 is 23.4 Å². The van der Waals surface area contributed by atoms with Crippen LogP contribution in [0.1, 0.15) is 78.6 Å². The van der Waals surface area contributed by atoms with Crippen molar-refractivity contribution in [3.05, 3.63) is 0 Å². The number of hydrogen-bond donors (Lipinski definition) is 2. The van der Waals surface area contributed by atoms with Gasteiger partial charge in [-0.15, -0.1) is 0 Å². The van der Waals surface area contributed by atoms with E-state index in [1.165, 1.54) is 6.92 Å². The van der Waals surface area contributed by atoms with Gasteiger partial charge >= 0.3 is 5.97 Å². The van der Waals surface area contributed by atoms with Crippen LogP contribution in [-0.2, 0) is 14.3 Å². The van der Waals surface area contributed by atoms with Gasteiger partial charge in [-0.2, -0.15) is 0 Å². The number of Topliss-reactive ketones (excluding diaryl/α,β-unsaturated/α-hetero) is 1. The summed E-state index contributed by atoms with van der Waals surface area (Å²) in [7, 11) is 0. The molecule has 0 aromatic carbocycles. The first-order valence-corrected chi connectivity index (χ1v) is 11.2. The Morgan fingerprint density at radius 3 is 2.39 bits per heavy atom. The average molecular weight is 393 g/mol. The van der Waals surface area contributed by atoms with E-state index in [0.29, 0.717) is 30.1 Å². The number of ketones is 1. The minimum atomic E-state index is -1.36. The molecule has 28 heavy (non-hydrogen) atoms. The summed E-state index contributed by atoms with van der Waals surface area (Å²) in [4.78, 5) is 23.8. The normalized spacial score (nSPS) is 50.2. The maximum atomic E-state index is 12.4. The molecule has 0 heterocycles. The van der Waals surface area contributed by atoms with Crippen LogP contribution < -0.4 is 0 Å². The molecule has 8 atom stereocenters. The predicted molar refractivity (Wildman–Crippen MR) is 104 cm³/mol. The van der Waals surface area contributed by atoms with Crippen LogP contribution in [0, 0.1) is 34.5 Å². The summed E-state index contributed by atoms with van der Waals surface area (Å²) in [6.07, 6.45) is 8.66. The van der Waals surface area contributed by atoms with E-state index in [4.69, 9.17) is 4.74 Å². The van der Waals surface area contributed by atoms with Crippen molar-refractivity contribution in [2.45, 2.75) is 90.3 Å². The minimum absolute atomic E-state index is 0.0692. The number of carbonyl (C=O) groups is 2. The Bertz CT molecular complexity index is 661. The van der Waals surface area contributed by atoms with E-state index >= 15 is 0 Å². The zero-order valence-electron chi connectivity index (χ0n) is 17.6. The van der Waals surface area contributed by atoms with Crippen LogP contribution in [-0.4, -0.2) is 40.3 Å². The quantitative estimate of drug-likeness (QED) is 0.720. The lowest BCUT2D eigenvalue weighted by Gasteiger charge is -2.61. The first-order valence-electron chi connectivity index (χ1n) is 11.2. The fourth-order valence-corrected chi connectivity index (χ4v) is 8.17. The summed E-state index contributed by atoms with van der Waals surface area (Å²) < 4.78 is 5.54. The highest BCUT2D eigenvalue weighted by Gasteiger charge is 2.66. The minimum Gasteiger partial charge on any atom is -0.463 e. The monoisotopic (exact) mass is 392 g/mol. The highest BCUT2D eigenvalue weighted by atomic mass is 16.5. The van der Waals surface area contributed by atoms with Crippen molar-refractivity contribution < 1.29 is 24.5 Å². The van der Waals surface area contributed by atoms with E-state index in [1.807, 2.05) is 0 Å². The third-order valence-corrected chi connectivity index (χ3v) is 9.71. The molecule has 4 fully saturated rings. The SMILES string of the molecule is CC(=O)O[C@H]1CC[C@@]2(C)[C@@H](CC[C@@H]3[C@H]2CC[C@@]2(C)[C@H]3CC[C@]2(O)C(=O)CO)C1. The molecule has 2 N–H and O–H groups in total. The first-order chi connectivity index (χ1) is 13.2. The van der Waals surface area contributed by atoms with Gasteiger partial charge in [-0.05, 0) is 86.9 Å². The number of hydrogen-bond acceptors (Lipinski definition) is 5. The van der Waals surface area contributed by atoms with Gasteiger partial charge in [0.05, 0.1) is 0 Å². The van der Waals surface area contributed by atoms with Crippen molar-refractivity contribution in [2.75, 3.05) is 6.61 Å². The Morgan fingerprint density at radius 1 is 1.00 bits per heavy atom. The smallest absolute Gasteiger partial charge is 0.302 e. The predicted octanol–water partition coefficient (Wildman–Crippen LogP) is 3.25. The van der Waals surface area contributed by atoms with Gasteiger partial charge in [-0.3, -0.25) is 9.59 Å². The van der Waals surface area contributed by atoms with Crippen LogP contribution in [0.5, 0.6) is 0 Å². The summed E-state index contributed by atoms with van der Waals surface area (Å²) in [5.41, 5.74) is -1.50. The summed E-state index contributed by atoms with van der Waals surface area (Å²) in [6, 6.07) is 0. The topological polar surface area (TPSA) is 83.8 Å². The fourth-order valence-electron chi connectivity index (χ4n) is 8.17. The van der Waals surface area contributed by atoms with Gasteiger partial charge in [0, 0.05) is 12.3 Å². The summed E-state index contributed by atoms with van der Waals surface area (Å²) in [5, 5.41) is 20.7. The molecule has 158 valence electrons. The van der Waals surface area contributed by atoms with Crippen LogP contribution in [0.15, 0.2) is 0 Å². The van der Waals surface area contributed by atoms with Crippen LogP contribution in [0.3, 0.4) is 0 Å². The van der Waals surface area contributed by atoms with Crippen LogP contribution in [0.4, 0.5) is 0 Å². The second kappa shape index (κ2) is 6.80. The maximum absolute atomic E-state index is 12.4. The Kier molecular flexibility index (Phi) is 4.94. The van der Waals surface area contributed by atoms with E-state index in [-0.39, 0.29) is 17.5 Å². The Labute approximate surface area is 168 Å². The number of aliphatic hydroxyl groups is 2. The molecule has 0 amide bonds. The molecule has 0 bridgehead atoms. The number of esters is 1. The third kappa shape index (κ3) is 2.72. The van der Waals surface area contributed by atoms with Crippen molar-refractivity contribution in [1.29, 1.82) is 0 Å². The van der Waals surface area contributed by atoms with Crippen molar-refractivity contribution in [3.63, 3.8) is 0 Å². The van der Waals surface area contributed by atoms with E-state index in [9.17, 15) is 19.8 Å². The molecule has 0 saturated heterocycles. The van der Waals surface area contributed by atoms with Gasteiger partial charge in [0.2, 0.25) is 0 Å². The Balaban J connectivity index is 1.56. The Hall–Kier alpha value is -0.940. The molecule has 0 aromatic rings. The average Bonchev–Trinajstić information content (AvgIpc) is 2.93. The van der Waals surface area contributed by atoms with Crippen molar-refractivity contribution in [2.24, 2.45) is 34.5 Å². The first kappa shape index (κ1) is 20.3. The molecule has 4 aliphatic rings. The van der Waals surface area contributed by atoms with E-state index in [0.717, 1.165) is 51.4 Å². The lowest BCUT2D eigenvalue weighted by Crippen LogP contribution is -2.59. The van der Waals surface area contributed by atoms with Crippen LogP contribution in [0.25, 0.3) is 0 Å². The summed E-state index contributed by atoms with van der Waals surface area (Å²) >= 11 is 0. The van der Waals surface area contributed by atoms with Gasteiger partial charge in [-0.25, -0.2) is 0 Å². The highest BCUT2D eigenvalue weighted by molar-refractivity contribution is 5.89. The van der Waals surface area contributed by atoms with Crippen LogP contribution >= 0.6 is 0 Å². The largest absolute Gasteiger partial charge is 0.463 e. The van der Waals surface area contributed by atoms with E-state index in [2.05, 4.69) is 13.8 Å². The standard InChI is InChI=1S/C23H36O5/c1-14(25)28-16-6-9-21(2)15(12-16)4-5-17-18(21)7-10-22(3)19(17)8-11-23(22,27)20(26)13-24/h15-19,24,27H,4-13H2,1-3H3/t15-,16-,17+,18+,19-,21-,22-,23-/m0/s1. The van der Waals surface area contributed by atoms with Gasteiger partial charge in [0.25, 0.3) is 0 Å². The molecule has 5 nitrogen and oxygen atoms in total. The van der Waals surface area contributed by atoms with Crippen LogP contribution in [0.2, 0.25) is 0 Å². The highest BCUT2D eigenvalue weighted by Crippen LogP contribution is 2.68. The zero-order chi connectivity index (χ0) is 20.3. The molecule has 4 aliphatic carbocycles. The zero-order valence-corrected chi connectivity index (χ0v) is 17.6. The van der Waals surface area contributed by atoms with Gasteiger partial charge in [-0.1, -0.05) is 13.8 Å². The number of fused-ring (bicyclic) bond motifs is 5. The molecule has 0 unspecified atom stereocenters. The number of ether oxygens (including phenoxy) is 1. The molecule has 0 aliphatic heterocycles. The summed E-state index contributed by atoms with van der Waals surface area (Å²) in [6.45, 7) is 5.48. The van der Waals surface area contributed by atoms with Crippen molar-refractivity contribution in [1.82, 2.24) is 0 Å².